The molecule has 1 aromatic heterocycles. The third kappa shape index (κ3) is 11.7. The molecule has 0 aliphatic carbocycles. The van der Waals surface area contributed by atoms with Gasteiger partial charge in [-0.15, -0.1) is 0 Å². The number of hydrogen-bond donors (Lipinski definition) is 0. The van der Waals surface area contributed by atoms with Crippen LogP contribution < -0.4 is 4.74 Å². The lowest BCUT2D eigenvalue weighted by Crippen LogP contribution is -2.38. The van der Waals surface area contributed by atoms with Crippen LogP contribution in [0, 0.1) is 0 Å². The Bertz CT molecular complexity index is 1170. The van der Waals surface area contributed by atoms with Gasteiger partial charge in [0, 0.05) is 12.7 Å². The average Bonchev–Trinajstić information content (AvgIpc) is 3.63. The number of unbranched alkanes of at least 4 members (excludes halogenated alkanes) is 13. The van der Waals surface area contributed by atoms with Crippen LogP contribution in [0.1, 0.15) is 114 Å². The zero-order valence-electron chi connectivity index (χ0n) is 28.0. The maximum Gasteiger partial charge on any atom is 0.254 e. The summed E-state index contributed by atoms with van der Waals surface area (Å²) in [5, 5.41) is 3.99. The van der Waals surface area contributed by atoms with Crippen molar-refractivity contribution in [3.05, 3.63) is 120 Å². The van der Waals surface area contributed by atoms with E-state index >= 15 is 0 Å². The van der Waals surface area contributed by atoms with E-state index in [1.54, 1.807) is 6.07 Å². The van der Waals surface area contributed by atoms with E-state index in [0.717, 1.165) is 23.1 Å². The number of hydrogen-bond acceptors (Lipinski definition) is 5. The van der Waals surface area contributed by atoms with Crippen LogP contribution in [-0.4, -0.2) is 31.1 Å². The number of benzene rings is 3. The van der Waals surface area contributed by atoms with Gasteiger partial charge in [0.25, 0.3) is 5.88 Å². The van der Waals surface area contributed by atoms with E-state index in [-0.39, 0.29) is 6.10 Å². The number of ether oxygens (including phenoxy) is 3. The van der Waals surface area contributed by atoms with Gasteiger partial charge in [-0.2, -0.15) is 0 Å². The van der Waals surface area contributed by atoms with Crippen molar-refractivity contribution in [2.24, 2.45) is 0 Å². The van der Waals surface area contributed by atoms with Gasteiger partial charge in [-0.05, 0) is 28.3 Å². The predicted molar refractivity (Wildman–Crippen MR) is 187 cm³/mol. The van der Waals surface area contributed by atoms with Gasteiger partial charge < -0.3 is 18.7 Å². The summed E-state index contributed by atoms with van der Waals surface area (Å²) in [7, 11) is 0. The minimum Gasteiger partial charge on any atom is -0.467 e. The van der Waals surface area contributed by atoms with Crippen LogP contribution in [0.15, 0.2) is 108 Å². The summed E-state index contributed by atoms with van der Waals surface area (Å²) >= 11 is 0. The predicted octanol–water partition coefficient (Wildman–Crippen LogP) is 10.9. The van der Waals surface area contributed by atoms with Gasteiger partial charge in [-0.3, -0.25) is 0 Å². The molecule has 0 N–H and O–H groups in total. The van der Waals surface area contributed by atoms with Crippen LogP contribution in [0.25, 0.3) is 0 Å². The largest absolute Gasteiger partial charge is 0.467 e. The van der Waals surface area contributed by atoms with Crippen molar-refractivity contribution in [2.75, 3.05) is 19.8 Å². The minimum absolute atomic E-state index is 0.296. The van der Waals surface area contributed by atoms with Gasteiger partial charge in [0.2, 0.25) is 0 Å². The fourth-order valence-electron chi connectivity index (χ4n) is 6.15. The first-order valence-electron chi connectivity index (χ1n) is 17.8. The van der Waals surface area contributed by atoms with Crippen LogP contribution in [0.3, 0.4) is 0 Å². The molecule has 0 fully saturated rings. The molecule has 0 spiro atoms. The van der Waals surface area contributed by atoms with Gasteiger partial charge in [0.1, 0.15) is 18.0 Å². The Labute approximate surface area is 277 Å². The number of nitrogens with zero attached hydrogens (tertiary/aromatic N) is 1. The summed E-state index contributed by atoms with van der Waals surface area (Å²) in [4.78, 5) is 0. The van der Waals surface area contributed by atoms with Crippen molar-refractivity contribution in [2.45, 2.75) is 109 Å². The van der Waals surface area contributed by atoms with Crippen LogP contribution in [0.5, 0.6) is 5.88 Å². The standard InChI is InChI=1S/C41H55NO4/c1-2-3-4-5-6-7-8-9-10-11-12-13-14-24-32-43-34-39(46-40-31-33-45-42-40)35-44-41(36-25-18-15-19-26-36,37-27-20-16-21-28-37)38-29-22-17-23-30-38/h15-23,25-31,33,39H,2-14,24,32,34-35H2,1H3/t39-/m0/s1. The molecule has 1 heterocycles. The molecule has 3 aromatic carbocycles. The lowest BCUT2D eigenvalue weighted by molar-refractivity contribution is -0.0570. The summed E-state index contributed by atoms with van der Waals surface area (Å²) in [5.41, 5.74) is 2.33. The van der Waals surface area contributed by atoms with E-state index in [9.17, 15) is 0 Å². The molecule has 0 saturated carbocycles. The normalized spacial score (nSPS) is 12.3. The molecule has 248 valence electrons. The Hall–Kier alpha value is -3.41. The smallest absolute Gasteiger partial charge is 0.254 e. The fraction of sp³-hybridized carbons (Fsp3) is 0.488. The number of aromatic nitrogens is 1. The summed E-state index contributed by atoms with van der Waals surface area (Å²) in [6.45, 7) is 3.69. The highest BCUT2D eigenvalue weighted by Crippen LogP contribution is 2.40. The molecule has 4 aromatic rings. The average molecular weight is 626 g/mol. The molecule has 0 saturated heterocycles. The van der Waals surface area contributed by atoms with E-state index in [4.69, 9.17) is 18.7 Å². The van der Waals surface area contributed by atoms with E-state index in [1.807, 2.05) is 18.2 Å². The molecular weight excluding hydrogens is 570 g/mol. The molecule has 0 amide bonds. The Kier molecular flexibility index (Phi) is 16.5. The van der Waals surface area contributed by atoms with Gasteiger partial charge in [-0.1, -0.05) is 181 Å². The topological polar surface area (TPSA) is 53.7 Å². The second-order valence-corrected chi connectivity index (χ2v) is 12.3. The van der Waals surface area contributed by atoms with Crippen molar-refractivity contribution in [3.8, 4) is 5.88 Å². The van der Waals surface area contributed by atoms with Gasteiger partial charge in [0.15, 0.2) is 0 Å². The summed E-state index contributed by atoms with van der Waals surface area (Å²) in [6.07, 6.45) is 19.9. The Balaban J connectivity index is 1.27. The quantitative estimate of drug-likeness (QED) is 0.0542. The monoisotopic (exact) mass is 625 g/mol. The Morgan fingerprint density at radius 3 is 1.46 bits per heavy atom. The summed E-state index contributed by atoms with van der Waals surface area (Å²) in [6, 6.07) is 32.9. The molecule has 46 heavy (non-hydrogen) atoms. The molecule has 1 atom stereocenters. The van der Waals surface area contributed by atoms with Crippen LogP contribution in [0.2, 0.25) is 0 Å². The molecule has 0 aliphatic rings. The highest BCUT2D eigenvalue weighted by Gasteiger charge is 2.38. The summed E-state index contributed by atoms with van der Waals surface area (Å²) in [5.74, 6) is 0.429. The third-order valence-electron chi connectivity index (χ3n) is 8.67. The third-order valence-corrected chi connectivity index (χ3v) is 8.67. The highest BCUT2D eigenvalue weighted by molar-refractivity contribution is 5.47. The van der Waals surface area contributed by atoms with Gasteiger partial charge in [0.05, 0.1) is 13.2 Å². The maximum atomic E-state index is 7.01. The first-order chi connectivity index (χ1) is 22.8. The zero-order chi connectivity index (χ0) is 32.0. The molecule has 0 bridgehead atoms. The Morgan fingerprint density at radius 1 is 0.565 bits per heavy atom. The molecule has 0 radical (unpaired) electrons. The lowest BCUT2D eigenvalue weighted by Gasteiger charge is -2.37. The SMILES string of the molecule is CCCCCCCCCCCCCCCCOC[C@@H](COC(c1ccccc1)(c1ccccc1)c1ccccc1)Oc1ccon1. The highest BCUT2D eigenvalue weighted by atomic mass is 16.6. The van der Waals surface area contributed by atoms with Crippen LogP contribution in [0.4, 0.5) is 0 Å². The van der Waals surface area contributed by atoms with E-state index in [2.05, 4.69) is 84.9 Å². The molecule has 4 rings (SSSR count). The van der Waals surface area contributed by atoms with Crippen molar-refractivity contribution in [1.29, 1.82) is 0 Å². The second-order valence-electron chi connectivity index (χ2n) is 12.3. The van der Waals surface area contributed by atoms with Gasteiger partial charge in [-0.25, -0.2) is 0 Å². The molecular formula is C41H55NO4. The molecule has 0 aliphatic heterocycles. The fourth-order valence-corrected chi connectivity index (χ4v) is 6.15. The van der Waals surface area contributed by atoms with E-state index < -0.39 is 5.60 Å². The molecule has 5 heteroatoms. The van der Waals surface area contributed by atoms with Gasteiger partial charge >= 0.3 is 0 Å². The van der Waals surface area contributed by atoms with Crippen molar-refractivity contribution >= 4 is 0 Å². The minimum atomic E-state index is -0.830. The Morgan fingerprint density at radius 2 is 1.02 bits per heavy atom. The maximum absolute atomic E-state index is 7.01. The van der Waals surface area contributed by atoms with E-state index in [0.29, 0.717) is 25.7 Å². The first kappa shape index (κ1) is 35.4. The molecule has 5 nitrogen and oxygen atoms in total. The van der Waals surface area contributed by atoms with Crippen LogP contribution >= 0.6 is 0 Å². The van der Waals surface area contributed by atoms with Crippen molar-refractivity contribution in [1.82, 2.24) is 5.16 Å². The van der Waals surface area contributed by atoms with E-state index in [1.165, 1.54) is 89.7 Å². The van der Waals surface area contributed by atoms with Crippen molar-refractivity contribution < 1.29 is 18.7 Å². The zero-order valence-corrected chi connectivity index (χ0v) is 28.0. The first-order valence-corrected chi connectivity index (χ1v) is 17.8. The lowest BCUT2D eigenvalue weighted by atomic mass is 9.80. The van der Waals surface area contributed by atoms with Crippen molar-refractivity contribution in [3.63, 3.8) is 0 Å². The molecule has 0 unspecified atom stereocenters. The van der Waals surface area contributed by atoms with Crippen LogP contribution in [-0.2, 0) is 15.1 Å². The second kappa shape index (κ2) is 21.4. The number of rotatable bonds is 25. The summed E-state index contributed by atoms with van der Waals surface area (Å²) < 4.78 is 24.5.